The third-order valence-corrected chi connectivity index (χ3v) is 7.08. The zero-order chi connectivity index (χ0) is 25.9. The van der Waals surface area contributed by atoms with E-state index in [1.165, 1.54) is 0 Å². The number of hydrogen-bond donors (Lipinski definition) is 1. The number of nitrogens with one attached hydrogen (secondary N) is 1. The molecule has 3 aromatic rings. The van der Waals surface area contributed by atoms with E-state index < -0.39 is 0 Å². The van der Waals surface area contributed by atoms with Crippen LogP contribution in [-0.2, 0) is 20.9 Å². The smallest absolute Gasteiger partial charge is 0.236 e. The molecule has 12 nitrogen and oxygen atoms in total. The number of benzene rings is 1. The predicted molar refractivity (Wildman–Crippen MR) is 135 cm³/mol. The summed E-state index contributed by atoms with van der Waals surface area (Å²) in [5, 5.41) is 3.01. The number of carbonyl (C=O) groups is 2. The molecule has 0 radical (unpaired) electrons. The summed E-state index contributed by atoms with van der Waals surface area (Å²) in [6, 6.07) is 7.20. The molecule has 2 amide bonds. The molecule has 3 aliphatic rings. The van der Waals surface area contributed by atoms with Crippen LogP contribution >= 0.6 is 0 Å². The number of amides is 2. The number of piperazine rings is 1. The molecule has 0 bridgehead atoms. The Morgan fingerprint density at radius 3 is 2.87 bits per heavy atom. The van der Waals surface area contributed by atoms with Gasteiger partial charge in [-0.25, -0.2) is 9.97 Å². The molecule has 0 aliphatic carbocycles. The zero-order valence-electron chi connectivity index (χ0n) is 20.9. The predicted octanol–water partition coefficient (Wildman–Crippen LogP) is 1.15. The van der Waals surface area contributed by atoms with Gasteiger partial charge in [-0.3, -0.25) is 14.2 Å². The van der Waals surface area contributed by atoms with Crippen molar-refractivity contribution in [3.05, 3.63) is 54.7 Å². The fourth-order valence-corrected chi connectivity index (χ4v) is 5.06. The highest BCUT2D eigenvalue weighted by molar-refractivity contribution is 5.80. The van der Waals surface area contributed by atoms with Gasteiger partial charge < -0.3 is 29.3 Å². The van der Waals surface area contributed by atoms with Crippen molar-refractivity contribution < 1.29 is 23.8 Å². The third-order valence-electron chi connectivity index (χ3n) is 7.08. The zero-order valence-corrected chi connectivity index (χ0v) is 20.9. The summed E-state index contributed by atoms with van der Waals surface area (Å²) in [4.78, 5) is 43.4. The molecule has 2 aromatic heterocycles. The van der Waals surface area contributed by atoms with E-state index in [-0.39, 0.29) is 37.0 Å². The molecule has 2 unspecified atom stereocenters. The summed E-state index contributed by atoms with van der Waals surface area (Å²) in [5.41, 5.74) is 0.918. The second kappa shape index (κ2) is 10.7. The molecule has 1 N–H and O–H groups in total. The summed E-state index contributed by atoms with van der Waals surface area (Å²) in [6.07, 6.45) is 7.73. The SMILES string of the molecule is O=C(CC1CN(C(=O)C2CCOC2)CCN1c1ccnc(-n2ccnc2)n1)NCc1ccc2c(c1)OCO2. The minimum absolute atomic E-state index is 0.0923. The Hall–Kier alpha value is -4.19. The normalized spacial score (nSPS) is 20.5. The van der Waals surface area contributed by atoms with Crippen LogP contribution in [0.4, 0.5) is 5.82 Å². The van der Waals surface area contributed by atoms with Crippen molar-refractivity contribution in [2.75, 3.05) is 44.5 Å². The van der Waals surface area contributed by atoms with Gasteiger partial charge in [0.15, 0.2) is 11.5 Å². The van der Waals surface area contributed by atoms with E-state index in [0.29, 0.717) is 62.7 Å². The van der Waals surface area contributed by atoms with Crippen molar-refractivity contribution >= 4 is 17.6 Å². The molecule has 5 heterocycles. The molecular weight excluding hydrogens is 490 g/mol. The van der Waals surface area contributed by atoms with E-state index in [1.807, 2.05) is 29.2 Å². The van der Waals surface area contributed by atoms with Crippen molar-refractivity contribution in [1.82, 2.24) is 29.7 Å². The molecule has 198 valence electrons. The number of imidazole rings is 1. The molecule has 2 fully saturated rings. The Morgan fingerprint density at radius 1 is 1.11 bits per heavy atom. The molecule has 0 saturated carbocycles. The number of carbonyl (C=O) groups excluding carboxylic acids is 2. The van der Waals surface area contributed by atoms with Gasteiger partial charge in [0.2, 0.25) is 24.6 Å². The van der Waals surface area contributed by atoms with Gasteiger partial charge in [0, 0.05) is 57.8 Å². The number of anilines is 1. The third kappa shape index (κ3) is 5.12. The molecule has 1 aromatic carbocycles. The van der Waals surface area contributed by atoms with Crippen LogP contribution < -0.4 is 19.7 Å². The molecule has 2 saturated heterocycles. The first-order valence-electron chi connectivity index (χ1n) is 12.7. The Bertz CT molecular complexity index is 1290. The highest BCUT2D eigenvalue weighted by atomic mass is 16.7. The van der Waals surface area contributed by atoms with E-state index in [0.717, 1.165) is 12.0 Å². The van der Waals surface area contributed by atoms with Crippen molar-refractivity contribution in [1.29, 1.82) is 0 Å². The number of hydrogen-bond acceptors (Lipinski definition) is 9. The average molecular weight is 520 g/mol. The van der Waals surface area contributed by atoms with Crippen LogP contribution in [0, 0.1) is 5.92 Å². The molecule has 38 heavy (non-hydrogen) atoms. The van der Waals surface area contributed by atoms with Crippen LogP contribution in [0.15, 0.2) is 49.2 Å². The number of aromatic nitrogens is 4. The number of ether oxygens (including phenoxy) is 3. The molecular formula is C26H29N7O5. The minimum atomic E-state index is -0.252. The molecule has 12 heteroatoms. The van der Waals surface area contributed by atoms with E-state index in [4.69, 9.17) is 19.2 Å². The van der Waals surface area contributed by atoms with Gasteiger partial charge >= 0.3 is 0 Å². The highest BCUT2D eigenvalue weighted by Gasteiger charge is 2.35. The van der Waals surface area contributed by atoms with E-state index >= 15 is 0 Å². The fraction of sp³-hybridized carbons (Fsp3) is 0.423. The first-order chi connectivity index (χ1) is 18.6. The van der Waals surface area contributed by atoms with Crippen LogP contribution in [0.3, 0.4) is 0 Å². The Labute approximate surface area is 219 Å². The van der Waals surface area contributed by atoms with Gasteiger partial charge in [-0.2, -0.15) is 4.98 Å². The lowest BCUT2D eigenvalue weighted by molar-refractivity contribution is -0.137. The van der Waals surface area contributed by atoms with E-state index in [9.17, 15) is 9.59 Å². The maximum atomic E-state index is 13.2. The first kappa shape index (κ1) is 24.2. The van der Waals surface area contributed by atoms with E-state index in [2.05, 4.69) is 20.2 Å². The summed E-state index contributed by atoms with van der Waals surface area (Å²) in [5.74, 6) is 2.44. The van der Waals surface area contributed by atoms with Gasteiger partial charge in [0.1, 0.15) is 12.1 Å². The average Bonchev–Trinajstić information content (AvgIpc) is 3.74. The van der Waals surface area contributed by atoms with Gasteiger partial charge in [0.25, 0.3) is 0 Å². The van der Waals surface area contributed by atoms with Crippen molar-refractivity contribution in [3.63, 3.8) is 0 Å². The van der Waals surface area contributed by atoms with Crippen LogP contribution in [0.1, 0.15) is 18.4 Å². The highest BCUT2D eigenvalue weighted by Crippen LogP contribution is 2.32. The monoisotopic (exact) mass is 519 g/mol. The molecule has 6 rings (SSSR count). The van der Waals surface area contributed by atoms with Crippen LogP contribution in [0.5, 0.6) is 11.5 Å². The summed E-state index contributed by atoms with van der Waals surface area (Å²) >= 11 is 0. The number of rotatable bonds is 7. The van der Waals surface area contributed by atoms with Crippen molar-refractivity contribution in [2.45, 2.75) is 25.4 Å². The van der Waals surface area contributed by atoms with Gasteiger partial charge in [-0.15, -0.1) is 0 Å². The largest absolute Gasteiger partial charge is 0.454 e. The standard InChI is InChI=1S/C26H29N7O5/c34-24(29-13-18-1-2-21-22(11-18)38-17-37-21)12-20-14-31(25(35)19-4-10-36-15-19)8-9-33(20)23-3-5-28-26(30-23)32-7-6-27-16-32/h1-3,5-7,11,16,19-20H,4,8-10,12-15,17H2,(H,29,34). The quantitative estimate of drug-likeness (QED) is 0.490. The Kier molecular flexibility index (Phi) is 6.78. The van der Waals surface area contributed by atoms with Crippen LogP contribution in [0.25, 0.3) is 5.95 Å². The van der Waals surface area contributed by atoms with Gasteiger partial charge in [0.05, 0.1) is 18.6 Å². The lowest BCUT2D eigenvalue weighted by atomic mass is 10.0. The maximum absolute atomic E-state index is 13.2. The topological polar surface area (TPSA) is 124 Å². The molecule has 3 aliphatic heterocycles. The second-order valence-corrected chi connectivity index (χ2v) is 9.55. The van der Waals surface area contributed by atoms with Crippen LogP contribution in [-0.4, -0.2) is 81.9 Å². The summed E-state index contributed by atoms with van der Waals surface area (Å²) < 4.78 is 18.0. The fourth-order valence-electron chi connectivity index (χ4n) is 5.06. The Morgan fingerprint density at radius 2 is 2.03 bits per heavy atom. The second-order valence-electron chi connectivity index (χ2n) is 9.55. The lowest BCUT2D eigenvalue weighted by Gasteiger charge is -2.42. The van der Waals surface area contributed by atoms with Gasteiger partial charge in [-0.1, -0.05) is 6.07 Å². The summed E-state index contributed by atoms with van der Waals surface area (Å²) in [6.45, 7) is 3.17. The number of nitrogens with zero attached hydrogens (tertiary/aromatic N) is 6. The maximum Gasteiger partial charge on any atom is 0.236 e. The molecule has 2 atom stereocenters. The van der Waals surface area contributed by atoms with Gasteiger partial charge in [-0.05, 0) is 30.2 Å². The van der Waals surface area contributed by atoms with Crippen molar-refractivity contribution in [2.24, 2.45) is 5.92 Å². The Balaban J connectivity index is 1.17. The summed E-state index contributed by atoms with van der Waals surface area (Å²) in [7, 11) is 0. The van der Waals surface area contributed by atoms with E-state index in [1.54, 1.807) is 29.5 Å². The first-order valence-corrected chi connectivity index (χ1v) is 12.7. The number of fused-ring (bicyclic) bond motifs is 1. The van der Waals surface area contributed by atoms with Crippen LogP contribution in [0.2, 0.25) is 0 Å². The minimum Gasteiger partial charge on any atom is -0.454 e. The lowest BCUT2D eigenvalue weighted by Crippen LogP contribution is -2.57. The van der Waals surface area contributed by atoms with Crippen molar-refractivity contribution in [3.8, 4) is 17.4 Å². The molecule has 0 spiro atoms.